The molecule has 1 heterocycles. The summed E-state index contributed by atoms with van der Waals surface area (Å²) in [4.78, 5) is 17.7. The van der Waals surface area contributed by atoms with Crippen LogP contribution < -0.4 is 0 Å². The molecule has 0 saturated carbocycles. The Bertz CT molecular complexity index is 584. The Kier molecular flexibility index (Phi) is 4.99. The fraction of sp³-hybridized carbons (Fsp3) is 0.231. The van der Waals surface area contributed by atoms with Crippen LogP contribution in [0.3, 0.4) is 0 Å². The second-order valence-corrected chi connectivity index (χ2v) is 5.87. The molecule has 0 aliphatic rings. The number of likely N-dealkylation sites (N-methyl/N-ethyl adjacent to an activating group) is 1. The monoisotopic (exact) mass is 330 g/mol. The van der Waals surface area contributed by atoms with Crippen LogP contribution in [0.15, 0.2) is 29.1 Å². The number of rotatable bonds is 4. The summed E-state index contributed by atoms with van der Waals surface area (Å²) in [5.41, 5.74) is 2.85. The third-order valence-electron chi connectivity index (χ3n) is 2.69. The Morgan fingerprint density at radius 1 is 1.40 bits per heavy atom. The molecule has 0 bridgehead atoms. The van der Waals surface area contributed by atoms with Gasteiger partial charge in [0.1, 0.15) is 0 Å². The normalized spacial score (nSPS) is 12.2. The smallest absolute Gasteiger partial charge is 0.256 e. The number of carbonyl (C=O) groups is 1. The lowest BCUT2D eigenvalue weighted by Gasteiger charge is -2.20. The molecule has 4 nitrogen and oxygen atoms in total. The average molecular weight is 331 g/mol. The minimum Gasteiger partial charge on any atom is -0.378 e. The molecule has 7 heteroatoms. The molecular formula is C13H12Cl2N2O2S. The summed E-state index contributed by atoms with van der Waals surface area (Å²) >= 11 is 13.2. The predicted octanol–water partition coefficient (Wildman–Crippen LogP) is 3.14. The number of amides is 1. The van der Waals surface area contributed by atoms with Gasteiger partial charge in [0.2, 0.25) is 0 Å². The molecule has 1 N–H and O–H groups in total. The lowest BCUT2D eigenvalue weighted by Crippen LogP contribution is -2.31. The number of aliphatic hydroxyl groups excluding tert-OH is 1. The first kappa shape index (κ1) is 15.3. The SMILES string of the molecule is CN(Cc1cscn1)C(=O)[C@H](O)c1cc(Cl)cc(Cl)c1. The van der Waals surface area contributed by atoms with E-state index in [0.29, 0.717) is 22.2 Å². The van der Waals surface area contributed by atoms with Gasteiger partial charge in [0.05, 0.1) is 17.7 Å². The van der Waals surface area contributed by atoms with Crippen molar-refractivity contribution in [2.75, 3.05) is 7.05 Å². The third-order valence-corrected chi connectivity index (χ3v) is 3.77. The summed E-state index contributed by atoms with van der Waals surface area (Å²) in [5, 5.41) is 12.7. The average Bonchev–Trinajstić information content (AvgIpc) is 2.88. The second-order valence-electron chi connectivity index (χ2n) is 4.28. The van der Waals surface area contributed by atoms with Crippen molar-refractivity contribution in [1.29, 1.82) is 0 Å². The molecule has 1 atom stereocenters. The van der Waals surface area contributed by atoms with E-state index in [1.165, 1.54) is 28.4 Å². The molecule has 0 saturated heterocycles. The van der Waals surface area contributed by atoms with E-state index < -0.39 is 12.0 Å². The van der Waals surface area contributed by atoms with Gasteiger partial charge in [-0.15, -0.1) is 11.3 Å². The minimum atomic E-state index is -1.30. The second kappa shape index (κ2) is 6.54. The maximum absolute atomic E-state index is 12.2. The number of benzene rings is 1. The van der Waals surface area contributed by atoms with Crippen LogP contribution in [0.25, 0.3) is 0 Å². The van der Waals surface area contributed by atoms with Gasteiger partial charge in [-0.25, -0.2) is 4.98 Å². The highest BCUT2D eigenvalue weighted by Crippen LogP contribution is 2.24. The quantitative estimate of drug-likeness (QED) is 0.936. The van der Waals surface area contributed by atoms with E-state index in [4.69, 9.17) is 23.2 Å². The van der Waals surface area contributed by atoms with Crippen LogP contribution in [0.4, 0.5) is 0 Å². The Morgan fingerprint density at radius 3 is 2.60 bits per heavy atom. The van der Waals surface area contributed by atoms with Gasteiger partial charge in [0.25, 0.3) is 5.91 Å². The van der Waals surface area contributed by atoms with Crippen molar-refractivity contribution in [2.24, 2.45) is 0 Å². The summed E-state index contributed by atoms with van der Waals surface area (Å²) in [6, 6.07) is 4.59. The maximum atomic E-state index is 12.2. The molecule has 106 valence electrons. The first-order chi connectivity index (χ1) is 9.47. The highest BCUT2D eigenvalue weighted by Gasteiger charge is 2.22. The lowest BCUT2D eigenvalue weighted by atomic mass is 10.1. The van der Waals surface area contributed by atoms with Crippen LogP contribution in [-0.2, 0) is 11.3 Å². The van der Waals surface area contributed by atoms with Gasteiger partial charge >= 0.3 is 0 Å². The van der Waals surface area contributed by atoms with E-state index in [1.807, 2.05) is 5.38 Å². The molecule has 1 aromatic carbocycles. The number of carbonyl (C=O) groups excluding carboxylic acids is 1. The zero-order valence-electron chi connectivity index (χ0n) is 10.6. The number of hydrogen-bond donors (Lipinski definition) is 1. The summed E-state index contributed by atoms with van der Waals surface area (Å²) in [7, 11) is 1.61. The van der Waals surface area contributed by atoms with E-state index in [9.17, 15) is 9.90 Å². The van der Waals surface area contributed by atoms with Gasteiger partial charge in [0, 0.05) is 22.5 Å². The van der Waals surface area contributed by atoms with Crippen LogP contribution in [0.2, 0.25) is 10.0 Å². The standard InChI is InChI=1S/C13H12Cl2N2O2S/c1-17(5-11-6-20-7-16-11)13(19)12(18)8-2-9(14)4-10(15)3-8/h2-4,6-7,12,18H,5H2,1H3/t12-/m1/s1. The molecular weight excluding hydrogens is 319 g/mol. The highest BCUT2D eigenvalue weighted by molar-refractivity contribution is 7.07. The topological polar surface area (TPSA) is 53.4 Å². The summed E-state index contributed by atoms with van der Waals surface area (Å²) in [5.74, 6) is -0.434. The molecule has 2 aromatic rings. The number of aromatic nitrogens is 1. The maximum Gasteiger partial charge on any atom is 0.256 e. The zero-order chi connectivity index (χ0) is 14.7. The molecule has 20 heavy (non-hydrogen) atoms. The molecule has 0 spiro atoms. The van der Waals surface area contributed by atoms with Crippen LogP contribution in [0.1, 0.15) is 17.4 Å². The van der Waals surface area contributed by atoms with E-state index in [0.717, 1.165) is 5.69 Å². The van der Waals surface area contributed by atoms with E-state index in [1.54, 1.807) is 18.6 Å². The van der Waals surface area contributed by atoms with Crippen molar-refractivity contribution in [3.63, 3.8) is 0 Å². The highest BCUT2D eigenvalue weighted by atomic mass is 35.5. The molecule has 2 rings (SSSR count). The fourth-order valence-electron chi connectivity index (χ4n) is 1.72. The molecule has 1 amide bonds. The van der Waals surface area contributed by atoms with Crippen molar-refractivity contribution in [3.05, 3.63) is 50.4 Å². The Morgan fingerprint density at radius 2 is 2.05 bits per heavy atom. The van der Waals surface area contributed by atoms with Crippen molar-refractivity contribution in [1.82, 2.24) is 9.88 Å². The molecule has 0 fully saturated rings. The van der Waals surface area contributed by atoms with Gasteiger partial charge < -0.3 is 10.0 Å². The molecule has 0 unspecified atom stereocenters. The van der Waals surface area contributed by atoms with E-state index in [-0.39, 0.29) is 0 Å². The Hall–Kier alpha value is -1.14. The first-order valence-electron chi connectivity index (χ1n) is 5.73. The zero-order valence-corrected chi connectivity index (χ0v) is 12.9. The van der Waals surface area contributed by atoms with Crippen LogP contribution in [-0.4, -0.2) is 27.9 Å². The van der Waals surface area contributed by atoms with Gasteiger partial charge in [-0.1, -0.05) is 23.2 Å². The number of nitrogens with zero attached hydrogens (tertiary/aromatic N) is 2. The van der Waals surface area contributed by atoms with Crippen LogP contribution in [0, 0.1) is 0 Å². The molecule has 0 aliphatic heterocycles. The summed E-state index contributed by atoms with van der Waals surface area (Å²) < 4.78 is 0. The third kappa shape index (κ3) is 3.70. The first-order valence-corrected chi connectivity index (χ1v) is 7.43. The van der Waals surface area contributed by atoms with Gasteiger partial charge in [-0.05, 0) is 23.8 Å². The lowest BCUT2D eigenvalue weighted by molar-refractivity contribution is -0.139. The fourth-order valence-corrected chi connectivity index (χ4v) is 2.81. The Labute approximate surface area is 130 Å². The molecule has 1 aromatic heterocycles. The van der Waals surface area contributed by atoms with Gasteiger partial charge in [-0.3, -0.25) is 4.79 Å². The number of halogens is 2. The van der Waals surface area contributed by atoms with Crippen molar-refractivity contribution in [3.8, 4) is 0 Å². The van der Waals surface area contributed by atoms with Crippen molar-refractivity contribution in [2.45, 2.75) is 12.6 Å². The van der Waals surface area contributed by atoms with E-state index >= 15 is 0 Å². The largest absolute Gasteiger partial charge is 0.378 e. The summed E-state index contributed by atoms with van der Waals surface area (Å²) in [6.45, 7) is 0.341. The van der Waals surface area contributed by atoms with Crippen molar-refractivity contribution < 1.29 is 9.90 Å². The number of aliphatic hydroxyl groups is 1. The molecule has 0 radical (unpaired) electrons. The van der Waals surface area contributed by atoms with Gasteiger partial charge in [0.15, 0.2) is 6.10 Å². The van der Waals surface area contributed by atoms with Crippen molar-refractivity contribution >= 4 is 40.4 Å². The Balaban J connectivity index is 2.11. The van der Waals surface area contributed by atoms with Crippen LogP contribution >= 0.6 is 34.5 Å². The minimum absolute atomic E-state index is 0.341. The van der Waals surface area contributed by atoms with E-state index in [2.05, 4.69) is 4.98 Å². The van der Waals surface area contributed by atoms with Gasteiger partial charge in [-0.2, -0.15) is 0 Å². The summed E-state index contributed by atoms with van der Waals surface area (Å²) in [6.07, 6.45) is -1.30. The van der Waals surface area contributed by atoms with Crippen LogP contribution in [0.5, 0.6) is 0 Å². The molecule has 0 aliphatic carbocycles. The number of hydrogen-bond acceptors (Lipinski definition) is 4. The predicted molar refractivity (Wildman–Crippen MR) is 80.0 cm³/mol. The number of thiazole rings is 1.